The topological polar surface area (TPSA) is 84.6 Å². The van der Waals surface area contributed by atoms with Gasteiger partial charge >= 0.3 is 0 Å². The van der Waals surface area contributed by atoms with Gasteiger partial charge in [0.2, 0.25) is 5.88 Å². The van der Waals surface area contributed by atoms with Crippen molar-refractivity contribution in [3.63, 3.8) is 0 Å². The minimum absolute atomic E-state index is 0.00384. The molecule has 3 aromatic carbocycles. The highest BCUT2D eigenvalue weighted by atomic mass is 28.3. The zero-order valence-electron chi connectivity index (χ0n) is 33.9. The molecule has 3 aliphatic heterocycles. The van der Waals surface area contributed by atoms with Gasteiger partial charge in [-0.15, -0.1) is 5.54 Å². The third-order valence-electron chi connectivity index (χ3n) is 12.9. The van der Waals surface area contributed by atoms with Gasteiger partial charge in [0.05, 0.1) is 16.8 Å². The maximum absolute atomic E-state index is 17.6. The molecule has 3 saturated heterocycles. The van der Waals surface area contributed by atoms with Gasteiger partial charge in [0.1, 0.15) is 49.6 Å². The molecular formula is C45H54F3N5O2Si. The number of alkyl halides is 1. The van der Waals surface area contributed by atoms with E-state index in [1.807, 2.05) is 0 Å². The minimum Gasteiger partial charge on any atom is -0.508 e. The van der Waals surface area contributed by atoms with Crippen molar-refractivity contribution in [2.45, 2.75) is 115 Å². The second-order valence-corrected chi connectivity index (χ2v) is 23.1. The highest BCUT2D eigenvalue weighted by Crippen LogP contribution is 2.45. The summed E-state index contributed by atoms with van der Waals surface area (Å²) in [6, 6.07) is 11.8. The number of rotatable bonds is 8. The summed E-state index contributed by atoms with van der Waals surface area (Å²) >= 11 is 0. The molecule has 4 aromatic rings. The first-order valence-electron chi connectivity index (χ1n) is 20.2. The van der Waals surface area contributed by atoms with E-state index in [9.17, 15) is 14.8 Å². The smallest absolute Gasteiger partial charge is 0.234 e. The number of nitrogens with zero attached hydrogens (tertiary/aromatic N) is 4. The summed E-state index contributed by atoms with van der Waals surface area (Å²) in [5.41, 5.74) is 5.37. The standard InChI is InChI=1S/C45H54F3N5O2Si/c1-26(2)56(27(3)4,28(5)6)17-14-35-39(47)13-10-31-18-33(54)19-37(40(31)35)34-11-12-36-42(41(34)48)51-44(55-25-45-15-9-16-53(45)24-32(46)20-45)38(21-49)43(36)52-22-29(7)50-30(8)23-52/h10-13,18-19,26-30,32,50,54H,9,15-16,20,22-25H2,1-8H3/t29-,30-,32+,45-/m0/s1. The number of phenols is 1. The lowest BCUT2D eigenvalue weighted by atomic mass is 9.92. The van der Waals surface area contributed by atoms with Crippen molar-refractivity contribution in [1.29, 1.82) is 5.26 Å². The summed E-state index contributed by atoms with van der Waals surface area (Å²) in [6.45, 7) is 19.7. The quantitative estimate of drug-likeness (QED) is 0.136. The Hall–Kier alpha value is -4.29. The number of aromatic hydroxyl groups is 1. The molecule has 7 rings (SSSR count). The van der Waals surface area contributed by atoms with Gasteiger partial charge in [-0.25, -0.2) is 18.2 Å². The van der Waals surface area contributed by atoms with Gasteiger partial charge in [-0.2, -0.15) is 5.26 Å². The monoisotopic (exact) mass is 781 g/mol. The van der Waals surface area contributed by atoms with Crippen molar-refractivity contribution in [3.8, 4) is 40.3 Å². The largest absolute Gasteiger partial charge is 0.508 e. The van der Waals surface area contributed by atoms with E-state index in [4.69, 9.17) is 9.72 Å². The highest BCUT2D eigenvalue weighted by molar-refractivity contribution is 6.90. The molecule has 0 aliphatic carbocycles. The summed E-state index contributed by atoms with van der Waals surface area (Å²) < 4.78 is 54.9. The van der Waals surface area contributed by atoms with Crippen LogP contribution in [0.3, 0.4) is 0 Å². The maximum atomic E-state index is 17.6. The second-order valence-electron chi connectivity index (χ2n) is 17.5. The van der Waals surface area contributed by atoms with E-state index in [1.54, 1.807) is 24.3 Å². The fraction of sp³-hybridized carbons (Fsp3) is 0.511. The molecule has 7 nitrogen and oxygen atoms in total. The second kappa shape index (κ2) is 15.2. The maximum Gasteiger partial charge on any atom is 0.234 e. The van der Waals surface area contributed by atoms with Gasteiger partial charge in [0, 0.05) is 54.5 Å². The van der Waals surface area contributed by atoms with Crippen molar-refractivity contribution in [3.05, 3.63) is 59.2 Å². The molecule has 1 aromatic heterocycles. The van der Waals surface area contributed by atoms with Crippen LogP contribution in [0.2, 0.25) is 16.6 Å². The Bertz CT molecular complexity index is 2250. The number of ether oxygens (including phenoxy) is 1. The molecule has 4 atom stereocenters. The summed E-state index contributed by atoms with van der Waals surface area (Å²) in [4.78, 5) is 8.98. The predicted molar refractivity (Wildman–Crippen MR) is 222 cm³/mol. The molecule has 0 amide bonds. The molecule has 0 bridgehead atoms. The Kier molecular flexibility index (Phi) is 10.9. The molecule has 4 heterocycles. The summed E-state index contributed by atoms with van der Waals surface area (Å²) in [5, 5.41) is 26.6. The number of anilines is 1. The van der Waals surface area contributed by atoms with E-state index >= 15 is 8.78 Å². The first-order valence-corrected chi connectivity index (χ1v) is 22.4. The van der Waals surface area contributed by atoms with E-state index in [1.165, 1.54) is 12.1 Å². The number of hydrogen-bond acceptors (Lipinski definition) is 7. The molecule has 56 heavy (non-hydrogen) atoms. The van der Waals surface area contributed by atoms with Crippen LogP contribution in [0, 0.1) is 34.4 Å². The molecule has 11 heteroatoms. The number of nitriles is 1. The Morgan fingerprint density at radius 1 is 0.982 bits per heavy atom. The molecule has 2 N–H and O–H groups in total. The van der Waals surface area contributed by atoms with Crippen LogP contribution in [0.5, 0.6) is 11.6 Å². The van der Waals surface area contributed by atoms with Crippen LogP contribution in [0.15, 0.2) is 36.4 Å². The third kappa shape index (κ3) is 6.80. The molecule has 0 spiro atoms. The lowest BCUT2D eigenvalue weighted by molar-refractivity contribution is 0.110. The molecule has 296 valence electrons. The van der Waals surface area contributed by atoms with E-state index in [2.05, 4.69) is 88.0 Å². The number of phenolic OH excluding ortho intramolecular Hbond substituents is 1. The molecule has 3 aliphatic rings. The Labute approximate surface area is 330 Å². The third-order valence-corrected chi connectivity index (χ3v) is 19.2. The van der Waals surface area contributed by atoms with Crippen LogP contribution in [0.4, 0.5) is 18.9 Å². The average Bonchev–Trinajstić information content (AvgIpc) is 3.65. The number of nitrogens with one attached hydrogen (secondary N) is 1. The summed E-state index contributed by atoms with van der Waals surface area (Å²) in [5.74, 6) is 1.99. The Balaban J connectivity index is 1.45. The van der Waals surface area contributed by atoms with Gasteiger partial charge in [-0.05, 0) is 85.1 Å². The Morgan fingerprint density at radius 3 is 2.34 bits per heavy atom. The van der Waals surface area contributed by atoms with Crippen LogP contribution in [-0.4, -0.2) is 79.6 Å². The van der Waals surface area contributed by atoms with Gasteiger partial charge in [-0.3, -0.25) is 4.90 Å². The molecule has 0 radical (unpaired) electrons. The van der Waals surface area contributed by atoms with Crippen molar-refractivity contribution in [1.82, 2.24) is 15.2 Å². The van der Waals surface area contributed by atoms with Crippen LogP contribution in [0.25, 0.3) is 32.8 Å². The van der Waals surface area contributed by atoms with Gasteiger partial charge in [0.15, 0.2) is 5.82 Å². The van der Waals surface area contributed by atoms with E-state index in [-0.39, 0.29) is 58.1 Å². The molecular weight excluding hydrogens is 728 g/mol. The van der Waals surface area contributed by atoms with Crippen molar-refractivity contribution in [2.75, 3.05) is 37.7 Å². The van der Waals surface area contributed by atoms with Gasteiger partial charge in [-0.1, -0.05) is 59.6 Å². The number of halogens is 3. The Morgan fingerprint density at radius 2 is 1.68 bits per heavy atom. The van der Waals surface area contributed by atoms with Crippen molar-refractivity contribution in [2.24, 2.45) is 0 Å². The number of piperazine rings is 1. The fourth-order valence-corrected chi connectivity index (χ4v) is 15.7. The minimum atomic E-state index is -2.29. The fourth-order valence-electron chi connectivity index (χ4n) is 10.5. The predicted octanol–water partition coefficient (Wildman–Crippen LogP) is 9.62. The van der Waals surface area contributed by atoms with E-state index in [0.717, 1.165) is 19.4 Å². The number of fused-ring (bicyclic) bond motifs is 3. The summed E-state index contributed by atoms with van der Waals surface area (Å²) in [6.07, 6.45) is 1.06. The van der Waals surface area contributed by atoms with Crippen molar-refractivity contribution >= 4 is 35.4 Å². The zero-order chi connectivity index (χ0) is 40.3. The molecule has 0 saturated carbocycles. The zero-order valence-corrected chi connectivity index (χ0v) is 34.9. The summed E-state index contributed by atoms with van der Waals surface area (Å²) in [7, 11) is -2.29. The number of pyridine rings is 1. The van der Waals surface area contributed by atoms with Crippen molar-refractivity contribution < 1.29 is 23.0 Å². The number of aromatic nitrogens is 1. The van der Waals surface area contributed by atoms with E-state index < -0.39 is 31.4 Å². The number of hydrogen-bond donors (Lipinski definition) is 2. The van der Waals surface area contributed by atoms with Crippen LogP contribution in [0.1, 0.15) is 85.8 Å². The number of benzene rings is 3. The molecule has 3 fully saturated rings. The van der Waals surface area contributed by atoms with Gasteiger partial charge in [0.25, 0.3) is 0 Å². The first-order chi connectivity index (χ1) is 26.6. The van der Waals surface area contributed by atoms with Crippen LogP contribution in [-0.2, 0) is 0 Å². The normalized spacial score (nSPS) is 22.9. The van der Waals surface area contributed by atoms with Crippen LogP contribution < -0.4 is 15.0 Å². The van der Waals surface area contributed by atoms with Crippen LogP contribution >= 0.6 is 0 Å². The van der Waals surface area contributed by atoms with Gasteiger partial charge < -0.3 is 20.1 Å². The highest BCUT2D eigenvalue weighted by Gasteiger charge is 2.49. The average molecular weight is 782 g/mol. The molecule has 0 unspecified atom stereocenters. The first kappa shape index (κ1) is 39.9. The van der Waals surface area contributed by atoms with E-state index in [0.29, 0.717) is 64.5 Å². The lowest BCUT2D eigenvalue weighted by Gasteiger charge is -2.38. The SMILES string of the molecule is CC(C)[Si](C#Cc1c(F)ccc2cc(O)cc(-c3ccc4c(N5C[C@H](C)N[C@@H](C)C5)c(C#N)c(OC[C@@]56CCCN5C[C@H](F)C6)nc4c3F)c12)(C(C)C)C(C)C. The lowest BCUT2D eigenvalue weighted by Crippen LogP contribution is -2.54.